The molecule has 1 aromatic carbocycles. The fourth-order valence-corrected chi connectivity index (χ4v) is 5.68. The maximum Gasteiger partial charge on any atom is 0.260 e. The van der Waals surface area contributed by atoms with E-state index in [2.05, 4.69) is 42.3 Å². The van der Waals surface area contributed by atoms with Gasteiger partial charge in [-0.2, -0.15) is 5.26 Å². The molecular formula is C26H32N6O3. The summed E-state index contributed by atoms with van der Waals surface area (Å²) in [6, 6.07) is 7.50. The van der Waals surface area contributed by atoms with E-state index in [4.69, 9.17) is 4.74 Å². The van der Waals surface area contributed by atoms with E-state index in [1.165, 1.54) is 0 Å². The molecule has 0 bridgehead atoms. The van der Waals surface area contributed by atoms with Gasteiger partial charge in [0, 0.05) is 55.9 Å². The highest BCUT2D eigenvalue weighted by Gasteiger charge is 2.44. The van der Waals surface area contributed by atoms with Crippen LogP contribution in [0.1, 0.15) is 49.7 Å². The highest BCUT2D eigenvalue weighted by atomic mass is 16.5. The van der Waals surface area contributed by atoms with E-state index in [-0.39, 0.29) is 29.8 Å². The minimum absolute atomic E-state index is 0.0259. The van der Waals surface area contributed by atoms with Gasteiger partial charge >= 0.3 is 0 Å². The molecule has 0 radical (unpaired) electrons. The number of hydrogen-bond acceptors (Lipinski definition) is 6. The van der Waals surface area contributed by atoms with Gasteiger partial charge in [-0.3, -0.25) is 14.7 Å². The summed E-state index contributed by atoms with van der Waals surface area (Å²) in [5.74, 6) is 1.42. The monoisotopic (exact) mass is 476 g/mol. The Morgan fingerprint density at radius 1 is 1.17 bits per heavy atom. The van der Waals surface area contributed by atoms with Gasteiger partial charge in [-0.1, -0.05) is 26.0 Å². The van der Waals surface area contributed by atoms with Gasteiger partial charge in [-0.25, -0.2) is 0 Å². The average molecular weight is 477 g/mol. The second-order valence-corrected chi connectivity index (χ2v) is 11.1. The number of aromatic amines is 1. The third kappa shape index (κ3) is 4.62. The lowest BCUT2D eigenvalue weighted by molar-refractivity contribution is -0.135. The third-order valence-corrected chi connectivity index (χ3v) is 7.65. The predicted octanol–water partition coefficient (Wildman–Crippen LogP) is 2.07. The van der Waals surface area contributed by atoms with E-state index in [0.29, 0.717) is 55.7 Å². The molecule has 0 spiro atoms. The summed E-state index contributed by atoms with van der Waals surface area (Å²) in [6.45, 7) is 8.89. The number of nitrogens with zero attached hydrogens (tertiary/aromatic N) is 5. The van der Waals surface area contributed by atoms with E-state index in [9.17, 15) is 14.9 Å². The van der Waals surface area contributed by atoms with E-state index in [0.717, 1.165) is 29.8 Å². The maximum atomic E-state index is 13.1. The SMILES string of the molecule is CC(C)(C)c1cc(C#N)ccc1OCC(=O)N1C[C@H]2CN(C(=O)[C@@H]3CCc4[nH]nnc4C3)C[C@@H]2C1. The molecule has 5 rings (SSSR count). The van der Waals surface area contributed by atoms with Crippen molar-refractivity contribution in [2.45, 2.75) is 45.4 Å². The number of fused-ring (bicyclic) bond motifs is 2. The lowest BCUT2D eigenvalue weighted by atomic mass is 9.85. The van der Waals surface area contributed by atoms with Crippen LogP contribution >= 0.6 is 0 Å². The predicted molar refractivity (Wildman–Crippen MR) is 127 cm³/mol. The van der Waals surface area contributed by atoms with Crippen molar-refractivity contribution >= 4 is 11.8 Å². The number of carbonyl (C=O) groups is 2. The van der Waals surface area contributed by atoms with Crippen LogP contribution in [0.4, 0.5) is 0 Å². The second-order valence-electron chi connectivity index (χ2n) is 11.1. The number of likely N-dealkylation sites (tertiary alicyclic amines) is 2. The quantitative estimate of drug-likeness (QED) is 0.722. The van der Waals surface area contributed by atoms with Gasteiger partial charge in [-0.15, -0.1) is 5.10 Å². The van der Waals surface area contributed by atoms with Crippen molar-refractivity contribution in [2.75, 3.05) is 32.8 Å². The first-order valence-corrected chi connectivity index (χ1v) is 12.4. The molecule has 0 unspecified atom stereocenters. The average Bonchev–Trinajstić information content (AvgIpc) is 3.55. The lowest BCUT2D eigenvalue weighted by Crippen LogP contribution is -2.40. The van der Waals surface area contributed by atoms with Crippen molar-refractivity contribution < 1.29 is 14.3 Å². The molecule has 2 amide bonds. The van der Waals surface area contributed by atoms with Crippen molar-refractivity contribution in [3.05, 3.63) is 40.7 Å². The normalized spacial score (nSPS) is 23.5. The van der Waals surface area contributed by atoms with Crippen LogP contribution in [0.3, 0.4) is 0 Å². The van der Waals surface area contributed by atoms with E-state index >= 15 is 0 Å². The molecule has 3 heterocycles. The lowest BCUT2D eigenvalue weighted by Gasteiger charge is -2.27. The van der Waals surface area contributed by atoms with E-state index in [1.807, 2.05) is 15.9 Å². The molecule has 0 saturated carbocycles. The zero-order chi connectivity index (χ0) is 24.7. The largest absolute Gasteiger partial charge is 0.483 e. The Hall–Kier alpha value is -3.41. The Labute approximate surface area is 205 Å². The first kappa shape index (κ1) is 23.3. The highest BCUT2D eigenvalue weighted by molar-refractivity contribution is 5.80. The van der Waals surface area contributed by atoms with E-state index in [1.54, 1.807) is 12.1 Å². The van der Waals surface area contributed by atoms with Gasteiger partial charge in [0.15, 0.2) is 6.61 Å². The molecule has 2 fully saturated rings. The summed E-state index contributed by atoms with van der Waals surface area (Å²) in [4.78, 5) is 30.0. The zero-order valence-corrected chi connectivity index (χ0v) is 20.6. The Morgan fingerprint density at radius 2 is 1.89 bits per heavy atom. The van der Waals surface area contributed by atoms with Crippen molar-refractivity contribution in [2.24, 2.45) is 17.8 Å². The summed E-state index contributed by atoms with van der Waals surface area (Å²) in [7, 11) is 0. The number of rotatable bonds is 4. The van der Waals surface area contributed by atoms with Gasteiger partial charge in [0.2, 0.25) is 5.91 Å². The number of ether oxygens (including phenoxy) is 1. The van der Waals surface area contributed by atoms with Crippen LogP contribution in [-0.2, 0) is 27.8 Å². The van der Waals surface area contributed by atoms with Gasteiger partial charge < -0.3 is 14.5 Å². The van der Waals surface area contributed by atoms with Crippen LogP contribution in [0.25, 0.3) is 0 Å². The first-order chi connectivity index (χ1) is 16.7. The molecule has 2 aromatic rings. The Kier molecular flexibility index (Phi) is 5.99. The Bertz CT molecular complexity index is 1160. The molecule has 1 aromatic heterocycles. The van der Waals surface area contributed by atoms with Crippen LogP contribution in [-0.4, -0.2) is 69.8 Å². The summed E-state index contributed by atoms with van der Waals surface area (Å²) in [5, 5.41) is 20.1. The molecule has 1 N–H and O–H groups in total. The van der Waals surface area contributed by atoms with Gasteiger partial charge in [-0.05, 0) is 36.5 Å². The number of H-pyrrole nitrogens is 1. The third-order valence-electron chi connectivity index (χ3n) is 7.65. The molecule has 35 heavy (non-hydrogen) atoms. The first-order valence-electron chi connectivity index (χ1n) is 12.4. The van der Waals surface area contributed by atoms with Crippen LogP contribution in [0.5, 0.6) is 5.75 Å². The summed E-state index contributed by atoms with van der Waals surface area (Å²) >= 11 is 0. The molecule has 1 aliphatic carbocycles. The number of nitriles is 1. The van der Waals surface area contributed by atoms with Gasteiger partial charge in [0.05, 0.1) is 23.0 Å². The van der Waals surface area contributed by atoms with Gasteiger partial charge in [0.25, 0.3) is 5.91 Å². The summed E-state index contributed by atoms with van der Waals surface area (Å²) in [6.07, 6.45) is 2.30. The molecule has 184 valence electrons. The second kappa shape index (κ2) is 8.99. The Morgan fingerprint density at radius 3 is 2.57 bits per heavy atom. The fourth-order valence-electron chi connectivity index (χ4n) is 5.68. The number of aromatic nitrogens is 3. The topological polar surface area (TPSA) is 115 Å². The van der Waals surface area contributed by atoms with Crippen LogP contribution in [0, 0.1) is 29.1 Å². The van der Waals surface area contributed by atoms with Crippen LogP contribution < -0.4 is 4.74 Å². The summed E-state index contributed by atoms with van der Waals surface area (Å²) < 4.78 is 5.94. The minimum Gasteiger partial charge on any atom is -0.483 e. The van der Waals surface area contributed by atoms with Crippen molar-refractivity contribution in [3.8, 4) is 11.8 Å². The Balaban J connectivity index is 1.14. The zero-order valence-electron chi connectivity index (χ0n) is 20.6. The standard InChI is InChI=1S/C26H32N6O3/c1-26(2,3)20-8-16(10-27)4-7-23(20)35-15-24(33)31-11-18-13-32(14-19(18)12-31)25(34)17-5-6-21-22(9-17)29-30-28-21/h4,7-8,17-19H,5-6,9,11-15H2,1-3H3,(H,28,29,30)/t17-,18+,19+/m1/s1. The molecule has 9 nitrogen and oxygen atoms in total. The number of hydrogen-bond donors (Lipinski definition) is 1. The molecule has 3 aliphatic rings. The maximum absolute atomic E-state index is 13.1. The van der Waals surface area contributed by atoms with Crippen molar-refractivity contribution in [1.29, 1.82) is 5.26 Å². The highest BCUT2D eigenvalue weighted by Crippen LogP contribution is 2.35. The van der Waals surface area contributed by atoms with E-state index < -0.39 is 0 Å². The number of nitrogens with one attached hydrogen (secondary N) is 1. The number of amides is 2. The molecular weight excluding hydrogens is 444 g/mol. The van der Waals surface area contributed by atoms with Crippen LogP contribution in [0.2, 0.25) is 0 Å². The minimum atomic E-state index is -0.209. The number of benzene rings is 1. The molecule has 2 saturated heterocycles. The summed E-state index contributed by atoms with van der Waals surface area (Å²) in [5.41, 5.74) is 3.26. The molecule has 9 heteroatoms. The smallest absolute Gasteiger partial charge is 0.260 e. The van der Waals surface area contributed by atoms with Gasteiger partial charge in [0.1, 0.15) is 5.75 Å². The van der Waals surface area contributed by atoms with Crippen LogP contribution in [0.15, 0.2) is 18.2 Å². The van der Waals surface area contributed by atoms with Crippen molar-refractivity contribution in [3.63, 3.8) is 0 Å². The number of aryl methyl sites for hydroxylation is 1. The molecule has 3 atom stereocenters. The fraction of sp³-hybridized carbons (Fsp3) is 0.577. The molecule has 2 aliphatic heterocycles. The van der Waals surface area contributed by atoms with Crippen molar-refractivity contribution in [1.82, 2.24) is 25.2 Å². The number of carbonyl (C=O) groups excluding carboxylic acids is 2.